The molecular formula is C21H16ClNO3. The zero-order valence-electron chi connectivity index (χ0n) is 14.4. The Balaban J connectivity index is 1.80. The number of pyridine rings is 1. The van der Waals surface area contributed by atoms with Crippen LogP contribution in [0.2, 0.25) is 5.15 Å². The first-order valence-electron chi connectivity index (χ1n) is 8.16. The molecule has 26 heavy (non-hydrogen) atoms. The van der Waals surface area contributed by atoms with Gasteiger partial charge in [-0.1, -0.05) is 35.9 Å². The molecule has 0 saturated carbocycles. The number of nitrogens with zero attached hydrogens (tertiary/aromatic N) is 1. The predicted molar refractivity (Wildman–Crippen MR) is 102 cm³/mol. The van der Waals surface area contributed by atoms with E-state index in [-0.39, 0.29) is 5.78 Å². The Bertz CT molecular complexity index is 1070. The minimum atomic E-state index is 0.0454. The molecule has 0 spiro atoms. The lowest BCUT2D eigenvalue weighted by Crippen LogP contribution is -1.96. The molecule has 3 aromatic rings. The summed E-state index contributed by atoms with van der Waals surface area (Å²) >= 11 is 6.37. The van der Waals surface area contributed by atoms with Crippen LogP contribution >= 0.6 is 11.6 Å². The van der Waals surface area contributed by atoms with Crippen molar-refractivity contribution in [2.45, 2.75) is 6.42 Å². The highest BCUT2D eigenvalue weighted by Gasteiger charge is 2.24. The average Bonchev–Trinajstić information content (AvgIpc) is 2.97. The number of allylic oxidation sites excluding steroid dienone is 1. The SMILES string of the molecule is COc1cc2cc(/C=C3\Cc4ccccc4C3=O)c(Cl)nc2cc1OC. The maximum absolute atomic E-state index is 12.6. The van der Waals surface area contributed by atoms with Gasteiger partial charge < -0.3 is 9.47 Å². The van der Waals surface area contributed by atoms with E-state index in [1.54, 1.807) is 20.3 Å². The normalized spacial score (nSPS) is 14.7. The van der Waals surface area contributed by atoms with Crippen LogP contribution in [0.3, 0.4) is 0 Å². The van der Waals surface area contributed by atoms with E-state index >= 15 is 0 Å². The number of benzene rings is 2. The first-order chi connectivity index (χ1) is 12.6. The van der Waals surface area contributed by atoms with Crippen LogP contribution in [0.5, 0.6) is 11.5 Å². The summed E-state index contributed by atoms with van der Waals surface area (Å²) < 4.78 is 10.7. The zero-order chi connectivity index (χ0) is 18.3. The van der Waals surface area contributed by atoms with Crippen LogP contribution < -0.4 is 9.47 Å². The fraction of sp³-hybridized carbons (Fsp3) is 0.143. The quantitative estimate of drug-likeness (QED) is 0.497. The number of fused-ring (bicyclic) bond motifs is 2. The number of carbonyl (C=O) groups is 1. The molecule has 0 atom stereocenters. The summed E-state index contributed by atoms with van der Waals surface area (Å²) in [6.45, 7) is 0. The Hall–Kier alpha value is -2.85. The maximum atomic E-state index is 12.6. The summed E-state index contributed by atoms with van der Waals surface area (Å²) in [5.74, 6) is 1.26. The van der Waals surface area contributed by atoms with Gasteiger partial charge in [0, 0.05) is 34.6 Å². The van der Waals surface area contributed by atoms with E-state index in [1.165, 1.54) is 0 Å². The third-order valence-electron chi connectivity index (χ3n) is 4.56. The molecule has 1 heterocycles. The highest BCUT2D eigenvalue weighted by Crippen LogP contribution is 2.34. The van der Waals surface area contributed by atoms with Gasteiger partial charge in [0.05, 0.1) is 19.7 Å². The second-order valence-corrected chi connectivity index (χ2v) is 6.46. The number of rotatable bonds is 3. The molecule has 0 radical (unpaired) electrons. The van der Waals surface area contributed by atoms with Gasteiger partial charge in [-0.05, 0) is 23.8 Å². The molecule has 4 nitrogen and oxygen atoms in total. The molecule has 130 valence electrons. The summed E-state index contributed by atoms with van der Waals surface area (Å²) in [7, 11) is 3.16. The molecule has 0 bridgehead atoms. The minimum absolute atomic E-state index is 0.0454. The van der Waals surface area contributed by atoms with Crippen molar-refractivity contribution in [3.63, 3.8) is 0 Å². The molecule has 0 saturated heterocycles. The number of hydrogen-bond donors (Lipinski definition) is 0. The molecule has 5 heteroatoms. The van der Waals surface area contributed by atoms with Crippen LogP contribution in [0, 0.1) is 0 Å². The van der Waals surface area contributed by atoms with Crippen LogP contribution in [0.25, 0.3) is 17.0 Å². The van der Waals surface area contributed by atoms with Crippen LogP contribution in [0.4, 0.5) is 0 Å². The van der Waals surface area contributed by atoms with Crippen molar-refractivity contribution < 1.29 is 14.3 Å². The Morgan fingerprint density at radius 2 is 1.81 bits per heavy atom. The lowest BCUT2D eigenvalue weighted by atomic mass is 10.1. The first kappa shape index (κ1) is 16.6. The summed E-state index contributed by atoms with van der Waals surface area (Å²) in [5.41, 5.74) is 3.93. The fourth-order valence-electron chi connectivity index (χ4n) is 3.25. The highest BCUT2D eigenvalue weighted by molar-refractivity contribution is 6.31. The molecule has 0 aliphatic heterocycles. The van der Waals surface area contributed by atoms with Crippen molar-refractivity contribution in [2.75, 3.05) is 14.2 Å². The van der Waals surface area contributed by atoms with E-state index in [9.17, 15) is 4.79 Å². The Morgan fingerprint density at radius 1 is 1.08 bits per heavy atom. The number of carbonyl (C=O) groups excluding carboxylic acids is 1. The lowest BCUT2D eigenvalue weighted by molar-refractivity contribution is 0.104. The van der Waals surface area contributed by atoms with Crippen molar-refractivity contribution >= 4 is 34.4 Å². The van der Waals surface area contributed by atoms with Gasteiger partial charge in [0.2, 0.25) is 0 Å². The molecule has 2 aromatic carbocycles. The number of methoxy groups -OCH3 is 2. The molecule has 1 aliphatic rings. The van der Waals surface area contributed by atoms with E-state index in [4.69, 9.17) is 21.1 Å². The summed E-state index contributed by atoms with van der Waals surface area (Å²) in [5, 5.41) is 1.21. The Labute approximate surface area is 156 Å². The molecule has 0 amide bonds. The topological polar surface area (TPSA) is 48.4 Å². The first-order valence-corrected chi connectivity index (χ1v) is 8.54. The van der Waals surface area contributed by atoms with Crippen molar-refractivity contribution in [3.8, 4) is 11.5 Å². The fourth-order valence-corrected chi connectivity index (χ4v) is 3.45. The van der Waals surface area contributed by atoms with E-state index in [1.807, 2.05) is 42.5 Å². The summed E-state index contributed by atoms with van der Waals surface area (Å²) in [6.07, 6.45) is 2.43. The zero-order valence-corrected chi connectivity index (χ0v) is 15.1. The van der Waals surface area contributed by atoms with Gasteiger partial charge >= 0.3 is 0 Å². The Morgan fingerprint density at radius 3 is 2.54 bits per heavy atom. The van der Waals surface area contributed by atoms with E-state index in [0.717, 1.165) is 22.1 Å². The number of ketones is 1. The van der Waals surface area contributed by atoms with Gasteiger partial charge in [-0.3, -0.25) is 4.79 Å². The maximum Gasteiger partial charge on any atom is 0.189 e. The number of halogens is 1. The van der Waals surface area contributed by atoms with Crippen molar-refractivity contribution in [3.05, 3.63) is 69.9 Å². The molecule has 4 rings (SSSR count). The number of hydrogen-bond acceptors (Lipinski definition) is 4. The second-order valence-electron chi connectivity index (χ2n) is 6.10. The van der Waals surface area contributed by atoms with Crippen LogP contribution in [0.1, 0.15) is 21.5 Å². The van der Waals surface area contributed by atoms with Crippen molar-refractivity contribution in [2.24, 2.45) is 0 Å². The van der Waals surface area contributed by atoms with E-state index in [0.29, 0.717) is 34.2 Å². The van der Waals surface area contributed by atoms with Gasteiger partial charge in [0.15, 0.2) is 17.3 Å². The van der Waals surface area contributed by atoms with Crippen LogP contribution in [-0.2, 0) is 6.42 Å². The average molecular weight is 366 g/mol. The molecule has 1 aliphatic carbocycles. The monoisotopic (exact) mass is 365 g/mol. The minimum Gasteiger partial charge on any atom is -0.493 e. The number of ether oxygens (including phenoxy) is 2. The van der Waals surface area contributed by atoms with E-state index < -0.39 is 0 Å². The van der Waals surface area contributed by atoms with E-state index in [2.05, 4.69) is 4.98 Å². The molecule has 0 N–H and O–H groups in total. The highest BCUT2D eigenvalue weighted by atomic mass is 35.5. The largest absolute Gasteiger partial charge is 0.493 e. The third-order valence-corrected chi connectivity index (χ3v) is 4.87. The van der Waals surface area contributed by atoms with Crippen LogP contribution in [-0.4, -0.2) is 25.0 Å². The summed E-state index contributed by atoms with van der Waals surface area (Å²) in [4.78, 5) is 17.0. The van der Waals surface area contributed by atoms with Gasteiger partial charge in [-0.25, -0.2) is 4.98 Å². The standard InChI is InChI=1S/C21H16ClNO3/c1-25-18-10-13-8-15(21(22)23-17(13)11-19(18)26-2)9-14-7-12-5-3-4-6-16(12)20(14)24/h3-6,8-11H,7H2,1-2H3/b14-9+. The number of aromatic nitrogens is 1. The third kappa shape index (κ3) is 2.72. The molecule has 1 aromatic heterocycles. The van der Waals surface area contributed by atoms with Crippen molar-refractivity contribution in [1.82, 2.24) is 4.98 Å². The second kappa shape index (κ2) is 6.46. The molecular weight excluding hydrogens is 350 g/mol. The molecule has 0 fully saturated rings. The van der Waals surface area contributed by atoms with Gasteiger partial charge in [0.1, 0.15) is 5.15 Å². The van der Waals surface area contributed by atoms with Crippen molar-refractivity contribution in [1.29, 1.82) is 0 Å². The lowest BCUT2D eigenvalue weighted by Gasteiger charge is -2.10. The molecule has 0 unspecified atom stereocenters. The van der Waals surface area contributed by atoms with Gasteiger partial charge in [-0.2, -0.15) is 0 Å². The summed E-state index contributed by atoms with van der Waals surface area (Å²) in [6, 6.07) is 13.2. The van der Waals surface area contributed by atoms with Gasteiger partial charge in [0.25, 0.3) is 0 Å². The smallest absolute Gasteiger partial charge is 0.189 e. The number of Topliss-reactive ketones (excluding diaryl/α,β-unsaturated/α-hetero) is 1. The van der Waals surface area contributed by atoms with Crippen LogP contribution in [0.15, 0.2) is 48.0 Å². The Kier molecular flexibility index (Phi) is 4.13. The van der Waals surface area contributed by atoms with Gasteiger partial charge in [-0.15, -0.1) is 0 Å². The predicted octanol–water partition coefficient (Wildman–Crippen LogP) is 4.73.